The van der Waals surface area contributed by atoms with E-state index in [1.165, 1.54) is 0 Å². The Bertz CT molecular complexity index is 642. The van der Waals surface area contributed by atoms with E-state index in [1.54, 1.807) is 6.92 Å². The molecule has 1 unspecified atom stereocenters. The molecule has 0 aliphatic carbocycles. The minimum atomic E-state index is -0.148. The molecule has 0 spiro atoms. The van der Waals surface area contributed by atoms with Crippen molar-refractivity contribution in [2.24, 2.45) is 0 Å². The molecule has 2 aromatic rings. The molecule has 1 amide bonds. The van der Waals surface area contributed by atoms with Gasteiger partial charge in [-0.25, -0.2) is 0 Å². The molecule has 3 rings (SSSR count). The van der Waals surface area contributed by atoms with Gasteiger partial charge in [-0.2, -0.15) is 4.98 Å². The first-order chi connectivity index (χ1) is 11.2. The Hall–Kier alpha value is -2.37. The average Bonchev–Trinajstić information content (AvgIpc) is 2.85. The van der Waals surface area contributed by atoms with E-state index >= 15 is 0 Å². The lowest BCUT2D eigenvalue weighted by atomic mass is 10.1. The molecule has 1 fully saturated rings. The van der Waals surface area contributed by atoms with Crippen molar-refractivity contribution in [3.8, 4) is 5.75 Å². The van der Waals surface area contributed by atoms with Crippen LogP contribution >= 0.6 is 0 Å². The molecule has 1 aliphatic heterocycles. The highest BCUT2D eigenvalue weighted by Gasteiger charge is 2.30. The summed E-state index contributed by atoms with van der Waals surface area (Å²) < 4.78 is 10.9. The van der Waals surface area contributed by atoms with E-state index in [1.807, 2.05) is 35.2 Å². The van der Waals surface area contributed by atoms with E-state index in [4.69, 9.17) is 9.26 Å². The molecular formula is C17H21N3O3. The summed E-state index contributed by atoms with van der Waals surface area (Å²) in [4.78, 5) is 18.8. The smallest absolute Gasteiger partial charge is 0.261 e. The van der Waals surface area contributed by atoms with Crippen molar-refractivity contribution in [3.05, 3.63) is 42.0 Å². The molecule has 0 saturated carbocycles. The van der Waals surface area contributed by atoms with E-state index < -0.39 is 0 Å². The number of hydrogen-bond donors (Lipinski definition) is 0. The molecule has 1 aromatic carbocycles. The number of rotatable bonds is 4. The second-order valence-corrected chi connectivity index (χ2v) is 5.73. The highest BCUT2D eigenvalue weighted by atomic mass is 16.5. The number of aromatic nitrogens is 2. The van der Waals surface area contributed by atoms with Crippen molar-refractivity contribution in [2.75, 3.05) is 13.2 Å². The van der Waals surface area contributed by atoms with Gasteiger partial charge in [-0.15, -0.1) is 0 Å². The molecule has 0 radical (unpaired) electrons. The van der Waals surface area contributed by atoms with Crippen LogP contribution in [0.1, 0.15) is 43.4 Å². The molecule has 122 valence electrons. The molecule has 6 heteroatoms. The Morgan fingerprint density at radius 1 is 1.30 bits per heavy atom. The van der Waals surface area contributed by atoms with Crippen molar-refractivity contribution in [1.82, 2.24) is 15.0 Å². The summed E-state index contributed by atoms with van der Waals surface area (Å²) in [6, 6.07) is 9.22. The number of carbonyl (C=O) groups is 1. The lowest BCUT2D eigenvalue weighted by Gasteiger charge is -2.27. The normalized spacial score (nSPS) is 18.5. The third kappa shape index (κ3) is 3.88. The van der Waals surface area contributed by atoms with Crippen molar-refractivity contribution in [3.63, 3.8) is 0 Å². The van der Waals surface area contributed by atoms with Gasteiger partial charge < -0.3 is 14.2 Å². The van der Waals surface area contributed by atoms with Gasteiger partial charge >= 0.3 is 0 Å². The molecule has 0 N–H and O–H groups in total. The number of nitrogens with zero attached hydrogens (tertiary/aromatic N) is 3. The van der Waals surface area contributed by atoms with Gasteiger partial charge in [0.15, 0.2) is 12.4 Å². The van der Waals surface area contributed by atoms with Gasteiger partial charge in [0, 0.05) is 6.54 Å². The van der Waals surface area contributed by atoms with E-state index in [9.17, 15) is 4.79 Å². The third-order valence-electron chi connectivity index (χ3n) is 4.01. The van der Waals surface area contributed by atoms with E-state index in [0.717, 1.165) is 25.7 Å². The fraction of sp³-hybridized carbons (Fsp3) is 0.471. The van der Waals surface area contributed by atoms with Crippen LogP contribution in [0.15, 0.2) is 34.9 Å². The number of amides is 1. The summed E-state index contributed by atoms with van der Waals surface area (Å²) in [5, 5.41) is 3.85. The molecule has 6 nitrogen and oxygen atoms in total. The van der Waals surface area contributed by atoms with Gasteiger partial charge in [-0.3, -0.25) is 4.79 Å². The van der Waals surface area contributed by atoms with Crippen LogP contribution in [0.3, 0.4) is 0 Å². The standard InChI is InChI=1S/C17H21N3O3/c1-13-18-17(23-19-13)15-10-6-3-7-11-20(15)16(21)12-22-14-8-4-2-5-9-14/h2,4-5,8-9,15H,3,6-7,10-12H2,1H3. The largest absolute Gasteiger partial charge is 0.484 e. The zero-order valence-corrected chi connectivity index (χ0v) is 13.3. The first-order valence-corrected chi connectivity index (χ1v) is 8.01. The van der Waals surface area contributed by atoms with Crippen LogP contribution in [0.2, 0.25) is 0 Å². The van der Waals surface area contributed by atoms with Crippen LogP contribution in [0.5, 0.6) is 5.75 Å². The molecular weight excluding hydrogens is 294 g/mol. The Morgan fingerprint density at radius 2 is 2.13 bits per heavy atom. The number of para-hydroxylation sites is 1. The van der Waals surface area contributed by atoms with Gasteiger partial charge in [-0.1, -0.05) is 36.2 Å². The number of aryl methyl sites for hydroxylation is 1. The minimum Gasteiger partial charge on any atom is -0.484 e. The first-order valence-electron chi connectivity index (χ1n) is 8.01. The molecule has 0 bridgehead atoms. The van der Waals surface area contributed by atoms with Gasteiger partial charge in [0.1, 0.15) is 11.8 Å². The van der Waals surface area contributed by atoms with Crippen LogP contribution in [0.25, 0.3) is 0 Å². The summed E-state index contributed by atoms with van der Waals surface area (Å²) in [5.74, 6) is 1.77. The maximum Gasteiger partial charge on any atom is 0.261 e. The molecule has 1 saturated heterocycles. The van der Waals surface area contributed by atoms with Crippen molar-refractivity contribution >= 4 is 5.91 Å². The van der Waals surface area contributed by atoms with Crippen LogP contribution in [-0.4, -0.2) is 34.1 Å². The lowest BCUT2D eigenvalue weighted by Crippen LogP contribution is -2.38. The Kier molecular flexibility index (Phi) is 4.90. The Balaban J connectivity index is 1.70. The van der Waals surface area contributed by atoms with Crippen molar-refractivity contribution in [2.45, 2.75) is 38.6 Å². The molecule has 1 aromatic heterocycles. The van der Waals surface area contributed by atoms with E-state index in [-0.39, 0.29) is 18.6 Å². The highest BCUT2D eigenvalue weighted by molar-refractivity contribution is 5.78. The summed E-state index contributed by atoms with van der Waals surface area (Å²) in [7, 11) is 0. The average molecular weight is 315 g/mol. The van der Waals surface area contributed by atoms with Crippen LogP contribution in [0, 0.1) is 6.92 Å². The summed E-state index contributed by atoms with van der Waals surface area (Å²) in [5.41, 5.74) is 0. The molecule has 1 atom stereocenters. The predicted octanol–water partition coefficient (Wildman–Crippen LogP) is 2.90. The molecule has 23 heavy (non-hydrogen) atoms. The lowest BCUT2D eigenvalue weighted by molar-refractivity contribution is -0.136. The van der Waals surface area contributed by atoms with E-state index in [2.05, 4.69) is 10.1 Å². The van der Waals surface area contributed by atoms with Gasteiger partial charge in [-0.05, 0) is 31.9 Å². The van der Waals surface area contributed by atoms with E-state index in [0.29, 0.717) is 24.0 Å². The second-order valence-electron chi connectivity index (χ2n) is 5.73. The topological polar surface area (TPSA) is 68.5 Å². The minimum absolute atomic E-state index is 0.0215. The van der Waals surface area contributed by atoms with Gasteiger partial charge in [0.25, 0.3) is 5.91 Å². The summed E-state index contributed by atoms with van der Waals surface area (Å²) in [6.45, 7) is 2.51. The maximum atomic E-state index is 12.6. The van der Waals surface area contributed by atoms with Gasteiger partial charge in [0.2, 0.25) is 5.89 Å². The number of carbonyl (C=O) groups excluding carboxylic acids is 1. The van der Waals surface area contributed by atoms with Crippen molar-refractivity contribution in [1.29, 1.82) is 0 Å². The quantitative estimate of drug-likeness (QED) is 0.867. The molecule has 1 aliphatic rings. The number of hydrogen-bond acceptors (Lipinski definition) is 5. The molecule has 2 heterocycles. The van der Waals surface area contributed by atoms with Gasteiger partial charge in [0.05, 0.1) is 0 Å². The summed E-state index contributed by atoms with van der Waals surface area (Å²) >= 11 is 0. The zero-order valence-electron chi connectivity index (χ0n) is 13.3. The predicted molar refractivity (Wildman–Crippen MR) is 83.9 cm³/mol. The third-order valence-corrected chi connectivity index (χ3v) is 4.01. The second kappa shape index (κ2) is 7.26. The Morgan fingerprint density at radius 3 is 2.87 bits per heavy atom. The Labute approximate surface area is 135 Å². The van der Waals surface area contributed by atoms with Crippen LogP contribution in [0.4, 0.5) is 0 Å². The SMILES string of the molecule is Cc1noc(C2CCCCCN2C(=O)COc2ccccc2)n1. The first kappa shape index (κ1) is 15.5. The highest BCUT2D eigenvalue weighted by Crippen LogP contribution is 2.29. The van der Waals surface area contributed by atoms with Crippen LogP contribution in [-0.2, 0) is 4.79 Å². The fourth-order valence-electron chi connectivity index (χ4n) is 2.86. The van der Waals surface area contributed by atoms with Crippen LogP contribution < -0.4 is 4.74 Å². The number of ether oxygens (including phenoxy) is 1. The monoisotopic (exact) mass is 315 g/mol. The number of likely N-dealkylation sites (tertiary alicyclic amines) is 1. The summed E-state index contributed by atoms with van der Waals surface area (Å²) in [6.07, 6.45) is 3.99. The zero-order chi connectivity index (χ0) is 16.1. The fourth-order valence-corrected chi connectivity index (χ4v) is 2.86. The maximum absolute atomic E-state index is 12.6. The van der Waals surface area contributed by atoms with Crippen molar-refractivity contribution < 1.29 is 14.1 Å². The number of benzene rings is 1.